The Morgan fingerprint density at radius 3 is 2.07 bits per heavy atom. The summed E-state index contributed by atoms with van der Waals surface area (Å²) in [6.07, 6.45) is 2.44. The van der Waals surface area contributed by atoms with E-state index < -0.39 is 42.2 Å². The fraction of sp³-hybridized carbons (Fsp3) is 0.211. The molecule has 0 aliphatic carbocycles. The van der Waals surface area contributed by atoms with Gasteiger partial charge in [0.15, 0.2) is 6.61 Å². The molecule has 2 heterocycles. The van der Waals surface area contributed by atoms with Crippen molar-refractivity contribution in [1.82, 2.24) is 9.80 Å². The SMILES string of the molecule is O=C(O)COc1ccc(CC(CN2C(=O)C=C(Br)C2=O)N2C(=O)C=C(Br)C2=O)cc1. The van der Waals surface area contributed by atoms with Crippen LogP contribution in [0.2, 0.25) is 0 Å². The Balaban J connectivity index is 1.81. The molecule has 30 heavy (non-hydrogen) atoms. The average molecular weight is 542 g/mol. The lowest BCUT2D eigenvalue weighted by atomic mass is 10.0. The van der Waals surface area contributed by atoms with Crippen LogP contribution in [0.3, 0.4) is 0 Å². The van der Waals surface area contributed by atoms with Crippen molar-refractivity contribution < 1.29 is 33.8 Å². The summed E-state index contributed by atoms with van der Waals surface area (Å²) in [5.41, 5.74) is 0.692. The molecule has 0 saturated carbocycles. The van der Waals surface area contributed by atoms with Crippen LogP contribution in [0.25, 0.3) is 0 Å². The third kappa shape index (κ3) is 4.68. The molecule has 0 radical (unpaired) electrons. The number of nitrogens with zero attached hydrogens (tertiary/aromatic N) is 2. The van der Waals surface area contributed by atoms with Gasteiger partial charge in [-0.05, 0) is 56.0 Å². The van der Waals surface area contributed by atoms with Gasteiger partial charge >= 0.3 is 5.97 Å². The number of carbonyl (C=O) groups is 5. The van der Waals surface area contributed by atoms with Gasteiger partial charge in [-0.25, -0.2) is 4.79 Å². The predicted molar refractivity (Wildman–Crippen MR) is 110 cm³/mol. The van der Waals surface area contributed by atoms with Gasteiger partial charge in [0.2, 0.25) is 0 Å². The minimum Gasteiger partial charge on any atom is -0.482 e. The van der Waals surface area contributed by atoms with Crippen LogP contribution >= 0.6 is 31.9 Å². The van der Waals surface area contributed by atoms with Crippen LogP contribution in [0.5, 0.6) is 5.75 Å². The Morgan fingerprint density at radius 1 is 0.967 bits per heavy atom. The van der Waals surface area contributed by atoms with E-state index in [1.54, 1.807) is 24.3 Å². The second-order valence-corrected chi connectivity index (χ2v) is 8.14. The van der Waals surface area contributed by atoms with E-state index in [4.69, 9.17) is 9.84 Å². The molecule has 0 spiro atoms. The fourth-order valence-electron chi connectivity index (χ4n) is 3.04. The zero-order valence-electron chi connectivity index (χ0n) is 15.2. The maximum Gasteiger partial charge on any atom is 0.341 e. The van der Waals surface area contributed by atoms with Crippen molar-refractivity contribution in [2.24, 2.45) is 0 Å². The highest BCUT2D eigenvalue weighted by molar-refractivity contribution is 9.12. The highest BCUT2D eigenvalue weighted by Gasteiger charge is 2.39. The minimum absolute atomic E-state index is 0.0910. The lowest BCUT2D eigenvalue weighted by molar-refractivity contribution is -0.145. The van der Waals surface area contributed by atoms with Gasteiger partial charge in [-0.1, -0.05) is 12.1 Å². The Morgan fingerprint density at radius 2 is 1.57 bits per heavy atom. The van der Waals surface area contributed by atoms with Crippen molar-refractivity contribution in [2.75, 3.05) is 13.2 Å². The number of carboxylic acid groups (broad SMARTS) is 1. The predicted octanol–water partition coefficient (Wildman–Crippen LogP) is 1.36. The zero-order chi connectivity index (χ0) is 22.0. The summed E-state index contributed by atoms with van der Waals surface area (Å²) < 4.78 is 5.27. The van der Waals surface area contributed by atoms with Crippen LogP contribution in [-0.4, -0.2) is 63.7 Å². The van der Waals surface area contributed by atoms with Crippen molar-refractivity contribution in [1.29, 1.82) is 0 Å². The Bertz CT molecular complexity index is 1000. The summed E-state index contributed by atoms with van der Waals surface area (Å²) in [6, 6.07) is 5.61. The van der Waals surface area contributed by atoms with E-state index in [1.165, 1.54) is 0 Å². The molecule has 1 aromatic rings. The van der Waals surface area contributed by atoms with E-state index in [-0.39, 0.29) is 21.9 Å². The summed E-state index contributed by atoms with van der Waals surface area (Å²) in [6.45, 7) is -0.661. The molecule has 156 valence electrons. The van der Waals surface area contributed by atoms with Gasteiger partial charge in [-0.2, -0.15) is 0 Å². The Labute approximate surface area is 187 Å². The van der Waals surface area contributed by atoms with Crippen molar-refractivity contribution in [3.63, 3.8) is 0 Å². The maximum absolute atomic E-state index is 12.5. The molecular formula is C19H14Br2N2O7. The molecule has 3 rings (SSSR count). The minimum atomic E-state index is -1.11. The molecule has 1 aromatic carbocycles. The molecular weight excluding hydrogens is 528 g/mol. The number of amides is 4. The first-order valence-corrected chi connectivity index (χ1v) is 10.2. The second kappa shape index (κ2) is 8.92. The first-order valence-electron chi connectivity index (χ1n) is 8.58. The monoisotopic (exact) mass is 540 g/mol. The first kappa shape index (κ1) is 21.9. The van der Waals surface area contributed by atoms with Gasteiger partial charge in [-0.3, -0.25) is 29.0 Å². The molecule has 0 fully saturated rings. The van der Waals surface area contributed by atoms with Crippen molar-refractivity contribution in [3.05, 3.63) is 50.9 Å². The van der Waals surface area contributed by atoms with E-state index in [1.807, 2.05) is 0 Å². The lowest BCUT2D eigenvalue weighted by Gasteiger charge is -2.29. The van der Waals surface area contributed by atoms with Gasteiger partial charge in [0, 0.05) is 12.2 Å². The van der Waals surface area contributed by atoms with Crippen LogP contribution < -0.4 is 4.74 Å². The summed E-state index contributed by atoms with van der Waals surface area (Å²) >= 11 is 6.06. The number of halogens is 2. The number of carboxylic acids is 1. The second-order valence-electron chi connectivity index (χ2n) is 6.44. The molecule has 2 aliphatic rings. The third-order valence-electron chi connectivity index (χ3n) is 4.39. The number of hydrogen-bond acceptors (Lipinski definition) is 6. The highest BCUT2D eigenvalue weighted by Crippen LogP contribution is 2.26. The molecule has 0 bridgehead atoms. The quantitative estimate of drug-likeness (QED) is 0.493. The number of aliphatic carboxylic acids is 1. The molecule has 9 nitrogen and oxygen atoms in total. The number of carbonyl (C=O) groups excluding carboxylic acids is 4. The van der Waals surface area contributed by atoms with Gasteiger partial charge in [0.1, 0.15) is 5.75 Å². The highest BCUT2D eigenvalue weighted by atomic mass is 79.9. The number of hydrogen-bond donors (Lipinski definition) is 1. The summed E-state index contributed by atoms with van der Waals surface area (Å²) in [5.74, 6) is -2.97. The van der Waals surface area contributed by atoms with Crippen molar-refractivity contribution >= 4 is 61.5 Å². The standard InChI is InChI=1S/C19H14Br2N2O7/c20-13-6-15(24)22(18(13)28)8-11(23-16(25)7-14(21)19(23)29)5-10-1-3-12(4-2-10)30-9-17(26)27/h1-4,6-7,11H,5,8-9H2,(H,26,27). The number of imide groups is 2. The largest absolute Gasteiger partial charge is 0.482 e. The van der Waals surface area contributed by atoms with Crippen LogP contribution in [-0.2, 0) is 30.4 Å². The van der Waals surface area contributed by atoms with Crippen LogP contribution in [0.4, 0.5) is 0 Å². The number of rotatable bonds is 8. The summed E-state index contributed by atoms with van der Waals surface area (Å²) in [7, 11) is 0. The van der Waals surface area contributed by atoms with E-state index >= 15 is 0 Å². The average Bonchev–Trinajstić information content (AvgIpc) is 3.08. The molecule has 1 unspecified atom stereocenters. The third-order valence-corrected chi connectivity index (χ3v) is 5.53. The molecule has 1 N–H and O–H groups in total. The van der Waals surface area contributed by atoms with E-state index in [2.05, 4.69) is 31.9 Å². The van der Waals surface area contributed by atoms with Gasteiger partial charge in [0.05, 0.1) is 21.6 Å². The van der Waals surface area contributed by atoms with Crippen molar-refractivity contribution in [2.45, 2.75) is 12.5 Å². The number of benzene rings is 1. The zero-order valence-corrected chi connectivity index (χ0v) is 18.4. The molecule has 2 aliphatic heterocycles. The maximum atomic E-state index is 12.5. The molecule has 11 heteroatoms. The number of ether oxygens (including phenoxy) is 1. The first-order chi connectivity index (χ1) is 14.2. The molecule has 0 saturated heterocycles. The lowest BCUT2D eigenvalue weighted by Crippen LogP contribution is -2.50. The van der Waals surface area contributed by atoms with Gasteiger partial charge in [-0.15, -0.1) is 0 Å². The Hall–Kier alpha value is -2.79. The Kier molecular flexibility index (Phi) is 6.52. The summed E-state index contributed by atoms with van der Waals surface area (Å²) in [5, 5.41) is 8.67. The van der Waals surface area contributed by atoms with E-state index in [0.717, 1.165) is 22.0 Å². The molecule has 1 atom stereocenters. The summed E-state index contributed by atoms with van der Waals surface area (Å²) in [4.78, 5) is 61.7. The molecule has 0 aromatic heterocycles. The van der Waals surface area contributed by atoms with Crippen LogP contribution in [0, 0.1) is 0 Å². The van der Waals surface area contributed by atoms with Gasteiger partial charge in [0.25, 0.3) is 23.6 Å². The van der Waals surface area contributed by atoms with E-state index in [9.17, 15) is 24.0 Å². The van der Waals surface area contributed by atoms with Crippen LogP contribution in [0.15, 0.2) is 45.4 Å². The van der Waals surface area contributed by atoms with Gasteiger partial charge < -0.3 is 9.84 Å². The fourth-order valence-corrected chi connectivity index (χ4v) is 3.83. The molecule has 4 amide bonds. The smallest absolute Gasteiger partial charge is 0.341 e. The topological polar surface area (TPSA) is 121 Å². The van der Waals surface area contributed by atoms with Crippen LogP contribution in [0.1, 0.15) is 5.56 Å². The van der Waals surface area contributed by atoms with Crippen molar-refractivity contribution in [3.8, 4) is 5.75 Å². The van der Waals surface area contributed by atoms with E-state index in [0.29, 0.717) is 11.3 Å². The normalized spacial score (nSPS) is 17.4.